The number of phenolic OH excluding ortho intramolecular Hbond substituents is 1. The van der Waals surface area contributed by atoms with Crippen LogP contribution < -0.4 is 14.9 Å². The van der Waals surface area contributed by atoms with Crippen LogP contribution >= 0.6 is 43.5 Å². The average molecular weight is 507 g/mol. The number of nitrogens with one attached hydrogen (secondary N) is 1. The molecule has 2 rings (SSSR count). The van der Waals surface area contributed by atoms with E-state index in [1.165, 1.54) is 6.21 Å². The van der Waals surface area contributed by atoms with Crippen molar-refractivity contribution in [1.82, 2.24) is 5.43 Å². The van der Waals surface area contributed by atoms with Crippen molar-refractivity contribution < 1.29 is 19.4 Å². The number of carbonyl (C=O) groups is 1. The monoisotopic (exact) mass is 504 g/mol. The molecule has 1 amide bonds. The molecule has 2 N–H and O–H groups in total. The summed E-state index contributed by atoms with van der Waals surface area (Å²) in [7, 11) is 0. The molecule has 0 aliphatic carbocycles. The van der Waals surface area contributed by atoms with E-state index in [1.54, 1.807) is 30.3 Å². The first-order valence-electron chi connectivity index (χ1n) is 7.45. The second-order valence-corrected chi connectivity index (χ2v) is 7.08. The smallest absolute Gasteiger partial charge is 0.277 e. The number of hydrogen-bond acceptors (Lipinski definition) is 5. The Balaban J connectivity index is 1.92. The van der Waals surface area contributed by atoms with E-state index in [2.05, 4.69) is 42.4 Å². The maximum atomic E-state index is 11.8. The molecule has 0 fully saturated rings. The molecule has 0 atom stereocenters. The van der Waals surface area contributed by atoms with Gasteiger partial charge in [-0.15, -0.1) is 0 Å². The van der Waals surface area contributed by atoms with Crippen LogP contribution in [-0.2, 0) is 4.79 Å². The minimum atomic E-state index is -0.425. The Morgan fingerprint density at radius 2 is 2.00 bits per heavy atom. The highest BCUT2D eigenvalue weighted by Gasteiger charge is 2.09. The number of rotatable bonds is 7. The molecule has 0 aromatic heterocycles. The molecule has 9 heteroatoms. The fourth-order valence-corrected chi connectivity index (χ4v) is 3.14. The maximum absolute atomic E-state index is 11.8. The maximum Gasteiger partial charge on any atom is 0.277 e. The summed E-state index contributed by atoms with van der Waals surface area (Å²) < 4.78 is 11.8. The van der Waals surface area contributed by atoms with Gasteiger partial charge in [-0.05, 0) is 74.7 Å². The Bertz CT molecular complexity index is 831. The van der Waals surface area contributed by atoms with E-state index in [0.29, 0.717) is 37.6 Å². The highest BCUT2D eigenvalue weighted by Crippen LogP contribution is 2.35. The van der Waals surface area contributed by atoms with E-state index < -0.39 is 5.91 Å². The minimum Gasteiger partial charge on any atom is -0.503 e. The van der Waals surface area contributed by atoms with Gasteiger partial charge in [0.05, 0.1) is 21.8 Å². The van der Waals surface area contributed by atoms with E-state index in [0.717, 1.165) is 0 Å². The van der Waals surface area contributed by atoms with Crippen LogP contribution in [0, 0.1) is 0 Å². The summed E-state index contributed by atoms with van der Waals surface area (Å²) in [6.45, 7) is 2.02. The average Bonchev–Trinajstić information content (AvgIpc) is 2.58. The van der Waals surface area contributed by atoms with Gasteiger partial charge in [-0.2, -0.15) is 5.10 Å². The van der Waals surface area contributed by atoms with E-state index in [-0.39, 0.29) is 12.4 Å². The van der Waals surface area contributed by atoms with Crippen LogP contribution in [-0.4, -0.2) is 30.4 Å². The summed E-state index contributed by atoms with van der Waals surface area (Å²) in [5.74, 6) is 0.406. The fourth-order valence-electron chi connectivity index (χ4n) is 1.88. The molecule has 0 radical (unpaired) electrons. The van der Waals surface area contributed by atoms with Gasteiger partial charge in [0.25, 0.3) is 5.91 Å². The number of aromatic hydroxyl groups is 1. The lowest BCUT2D eigenvalue weighted by Crippen LogP contribution is -2.24. The predicted molar refractivity (Wildman–Crippen MR) is 107 cm³/mol. The van der Waals surface area contributed by atoms with Crippen molar-refractivity contribution in [3.8, 4) is 17.2 Å². The Labute approximate surface area is 172 Å². The van der Waals surface area contributed by atoms with Crippen molar-refractivity contribution in [1.29, 1.82) is 0 Å². The van der Waals surface area contributed by atoms with Crippen LogP contribution in [0.25, 0.3) is 0 Å². The fraction of sp³-hybridized carbons (Fsp3) is 0.176. The number of carbonyl (C=O) groups excluding carboxylic acids is 1. The summed E-state index contributed by atoms with van der Waals surface area (Å²) in [6.07, 6.45) is 1.43. The van der Waals surface area contributed by atoms with Crippen molar-refractivity contribution >= 4 is 55.6 Å². The normalized spacial score (nSPS) is 10.8. The molecular formula is C17H15Br2ClN2O4. The van der Waals surface area contributed by atoms with Crippen LogP contribution in [0.3, 0.4) is 0 Å². The molecule has 138 valence electrons. The topological polar surface area (TPSA) is 80.2 Å². The van der Waals surface area contributed by atoms with E-state index in [9.17, 15) is 9.90 Å². The summed E-state index contributed by atoms with van der Waals surface area (Å²) in [4.78, 5) is 11.8. The van der Waals surface area contributed by atoms with Gasteiger partial charge in [0.2, 0.25) is 0 Å². The number of ether oxygens (including phenoxy) is 2. The summed E-state index contributed by atoms with van der Waals surface area (Å²) in [5, 5.41) is 14.3. The van der Waals surface area contributed by atoms with E-state index in [1.807, 2.05) is 6.92 Å². The summed E-state index contributed by atoms with van der Waals surface area (Å²) >= 11 is 12.4. The molecule has 26 heavy (non-hydrogen) atoms. The first-order chi connectivity index (χ1) is 12.4. The van der Waals surface area contributed by atoms with Gasteiger partial charge >= 0.3 is 0 Å². The zero-order valence-corrected chi connectivity index (χ0v) is 17.6. The number of phenols is 1. The molecule has 0 saturated heterocycles. The highest BCUT2D eigenvalue weighted by atomic mass is 79.9. The lowest BCUT2D eigenvalue weighted by Gasteiger charge is -2.08. The zero-order chi connectivity index (χ0) is 19.1. The second-order valence-electron chi connectivity index (χ2n) is 4.94. The second kappa shape index (κ2) is 9.80. The number of halogens is 3. The van der Waals surface area contributed by atoms with Crippen molar-refractivity contribution in [3.63, 3.8) is 0 Å². The number of amides is 1. The zero-order valence-electron chi connectivity index (χ0n) is 13.6. The molecule has 6 nitrogen and oxygen atoms in total. The highest BCUT2D eigenvalue weighted by molar-refractivity contribution is 9.10. The van der Waals surface area contributed by atoms with Gasteiger partial charge in [0, 0.05) is 5.02 Å². The van der Waals surface area contributed by atoms with Crippen molar-refractivity contribution in [3.05, 3.63) is 49.9 Å². The van der Waals surface area contributed by atoms with Crippen LogP contribution in [0.4, 0.5) is 0 Å². The molecule has 0 bridgehead atoms. The molecular weight excluding hydrogens is 491 g/mol. The van der Waals surface area contributed by atoms with Gasteiger partial charge in [0.1, 0.15) is 5.75 Å². The van der Waals surface area contributed by atoms with Gasteiger partial charge in [-0.3, -0.25) is 4.79 Å². The van der Waals surface area contributed by atoms with Crippen molar-refractivity contribution in [2.45, 2.75) is 6.92 Å². The molecule has 0 saturated carbocycles. The summed E-state index contributed by atoms with van der Waals surface area (Å²) in [5.41, 5.74) is 3.00. The molecule has 0 aliphatic heterocycles. The van der Waals surface area contributed by atoms with E-state index >= 15 is 0 Å². The quantitative estimate of drug-likeness (QED) is 0.428. The third-order valence-corrected chi connectivity index (χ3v) is 4.47. The molecule has 0 aliphatic rings. The Kier molecular flexibility index (Phi) is 7.74. The lowest BCUT2D eigenvalue weighted by atomic mass is 10.2. The van der Waals surface area contributed by atoms with Gasteiger partial charge in [-0.25, -0.2) is 5.43 Å². The van der Waals surface area contributed by atoms with Crippen LogP contribution in [0.15, 0.2) is 44.4 Å². The minimum absolute atomic E-state index is 0.00924. The molecule has 0 unspecified atom stereocenters. The Hall–Kier alpha value is -1.77. The molecule has 2 aromatic carbocycles. The van der Waals surface area contributed by atoms with Crippen LogP contribution in [0.1, 0.15) is 12.5 Å². The number of benzene rings is 2. The van der Waals surface area contributed by atoms with Crippen LogP contribution in [0.5, 0.6) is 17.2 Å². The molecule has 2 aromatic rings. The number of hydrazone groups is 1. The Morgan fingerprint density at radius 1 is 1.23 bits per heavy atom. The van der Waals surface area contributed by atoms with Gasteiger partial charge < -0.3 is 14.6 Å². The summed E-state index contributed by atoms with van der Waals surface area (Å²) in [6, 6.07) is 8.25. The van der Waals surface area contributed by atoms with Crippen LogP contribution in [0.2, 0.25) is 5.02 Å². The standard InChI is InChI=1S/C17H15Br2ClN2O4/c1-2-25-15-6-10(5-13(19)17(15)24)8-21-22-16(23)9-26-14-4-3-11(20)7-12(14)18/h3-8,24H,2,9H2,1H3,(H,22,23). The third-order valence-electron chi connectivity index (χ3n) is 3.01. The Morgan fingerprint density at radius 3 is 2.69 bits per heavy atom. The molecule has 0 heterocycles. The SMILES string of the molecule is CCOc1cc(C=NNC(=O)COc2ccc(Cl)cc2Br)cc(Br)c1O. The first-order valence-corrected chi connectivity index (χ1v) is 9.42. The lowest BCUT2D eigenvalue weighted by molar-refractivity contribution is -0.123. The number of nitrogens with zero attached hydrogens (tertiary/aromatic N) is 1. The third kappa shape index (κ3) is 5.89. The van der Waals surface area contributed by atoms with E-state index in [4.69, 9.17) is 21.1 Å². The number of hydrogen-bond donors (Lipinski definition) is 2. The molecule has 0 spiro atoms. The van der Waals surface area contributed by atoms with Gasteiger partial charge in [-0.1, -0.05) is 11.6 Å². The van der Waals surface area contributed by atoms with Gasteiger partial charge in [0.15, 0.2) is 18.1 Å². The first kappa shape index (κ1) is 20.5. The van der Waals surface area contributed by atoms with Crippen molar-refractivity contribution in [2.75, 3.05) is 13.2 Å². The van der Waals surface area contributed by atoms with Crippen molar-refractivity contribution in [2.24, 2.45) is 5.10 Å². The predicted octanol–water partition coefficient (Wildman–Crippen LogP) is 4.50. The largest absolute Gasteiger partial charge is 0.503 e.